The molecule has 1 heterocycles. The van der Waals surface area contributed by atoms with Crippen LogP contribution in [0.4, 0.5) is 0 Å². The standard InChI is InChI=1S/C21H21NO/c1-4-17-18-12-8-9-13-19(18)22(20(14-23)15(2)3)21(17)16-10-6-5-7-11-16/h5-14H,4H2,1-3H3. The summed E-state index contributed by atoms with van der Waals surface area (Å²) >= 11 is 0. The average Bonchev–Trinajstić information content (AvgIpc) is 2.90. The van der Waals surface area contributed by atoms with Gasteiger partial charge in [-0.05, 0) is 43.0 Å². The number of hydrogen-bond donors (Lipinski definition) is 0. The van der Waals surface area contributed by atoms with E-state index >= 15 is 0 Å². The van der Waals surface area contributed by atoms with Crippen molar-refractivity contribution in [3.05, 3.63) is 65.7 Å². The van der Waals surface area contributed by atoms with Crippen LogP contribution in [0.5, 0.6) is 0 Å². The summed E-state index contributed by atoms with van der Waals surface area (Å²) in [6, 6.07) is 18.6. The van der Waals surface area contributed by atoms with E-state index in [1.54, 1.807) is 0 Å². The first kappa shape index (κ1) is 15.3. The van der Waals surface area contributed by atoms with E-state index in [4.69, 9.17) is 0 Å². The van der Waals surface area contributed by atoms with Gasteiger partial charge >= 0.3 is 0 Å². The number of hydrogen-bond acceptors (Lipinski definition) is 1. The maximum absolute atomic E-state index is 11.8. The van der Waals surface area contributed by atoms with Crippen LogP contribution >= 0.6 is 0 Å². The summed E-state index contributed by atoms with van der Waals surface area (Å²) < 4.78 is 2.12. The summed E-state index contributed by atoms with van der Waals surface area (Å²) in [4.78, 5) is 11.8. The van der Waals surface area contributed by atoms with Crippen LogP contribution in [0, 0.1) is 0 Å². The minimum absolute atomic E-state index is 0.722. The van der Waals surface area contributed by atoms with Crippen LogP contribution in [0.25, 0.3) is 27.9 Å². The number of allylic oxidation sites excluding steroid dienone is 2. The number of carbonyl (C=O) groups excluding carboxylic acids is 1. The molecule has 2 heteroatoms. The monoisotopic (exact) mass is 303 g/mol. The molecule has 0 aliphatic heterocycles. The van der Waals surface area contributed by atoms with Crippen molar-refractivity contribution < 1.29 is 4.79 Å². The molecule has 116 valence electrons. The van der Waals surface area contributed by atoms with Crippen LogP contribution in [0.15, 0.2) is 60.2 Å². The largest absolute Gasteiger partial charge is 0.306 e. The molecule has 0 unspecified atom stereocenters. The van der Waals surface area contributed by atoms with Crippen LogP contribution in [0.1, 0.15) is 26.3 Å². The molecule has 2 nitrogen and oxygen atoms in total. The second-order valence-electron chi connectivity index (χ2n) is 5.90. The molecule has 0 bridgehead atoms. The number of aryl methyl sites for hydroxylation is 1. The summed E-state index contributed by atoms with van der Waals surface area (Å²) in [5.41, 5.74) is 6.37. The van der Waals surface area contributed by atoms with Crippen LogP contribution < -0.4 is 0 Å². The van der Waals surface area contributed by atoms with E-state index < -0.39 is 0 Å². The molecule has 0 N–H and O–H groups in total. The fourth-order valence-electron chi connectivity index (χ4n) is 3.21. The lowest BCUT2D eigenvalue weighted by atomic mass is 10.0. The van der Waals surface area contributed by atoms with Gasteiger partial charge in [-0.3, -0.25) is 4.79 Å². The predicted molar refractivity (Wildman–Crippen MR) is 97.4 cm³/mol. The zero-order valence-corrected chi connectivity index (χ0v) is 13.8. The van der Waals surface area contributed by atoms with E-state index in [9.17, 15) is 4.79 Å². The van der Waals surface area contributed by atoms with Gasteiger partial charge in [0, 0.05) is 5.39 Å². The fourth-order valence-corrected chi connectivity index (χ4v) is 3.21. The summed E-state index contributed by atoms with van der Waals surface area (Å²) in [6.45, 7) is 6.14. The van der Waals surface area contributed by atoms with Crippen LogP contribution in [-0.4, -0.2) is 10.9 Å². The van der Waals surface area contributed by atoms with Gasteiger partial charge in [-0.1, -0.05) is 55.5 Å². The Morgan fingerprint density at radius 3 is 2.26 bits per heavy atom. The number of carbonyl (C=O) groups is 1. The maximum Gasteiger partial charge on any atom is 0.166 e. The topological polar surface area (TPSA) is 22.0 Å². The second kappa shape index (κ2) is 6.25. The SMILES string of the molecule is CCc1c(-c2ccccc2)n(C(C=O)=C(C)C)c2ccccc12. The van der Waals surface area contributed by atoms with Gasteiger partial charge in [0.2, 0.25) is 0 Å². The lowest BCUT2D eigenvalue weighted by Crippen LogP contribution is -2.03. The van der Waals surface area contributed by atoms with Gasteiger partial charge in [0.15, 0.2) is 6.29 Å². The Labute approximate surface area is 137 Å². The van der Waals surface area contributed by atoms with Gasteiger partial charge in [0.05, 0.1) is 16.9 Å². The Morgan fingerprint density at radius 1 is 1.00 bits per heavy atom. The summed E-state index contributed by atoms with van der Waals surface area (Å²) in [7, 11) is 0. The number of aldehydes is 1. The third kappa shape index (κ3) is 2.50. The number of fused-ring (bicyclic) bond motifs is 1. The number of para-hydroxylation sites is 1. The lowest BCUT2D eigenvalue weighted by molar-refractivity contribution is -0.103. The van der Waals surface area contributed by atoms with Crippen molar-refractivity contribution >= 4 is 22.9 Å². The Kier molecular flexibility index (Phi) is 4.16. The van der Waals surface area contributed by atoms with Gasteiger partial charge in [-0.2, -0.15) is 0 Å². The second-order valence-corrected chi connectivity index (χ2v) is 5.90. The Bertz CT molecular complexity index is 881. The third-order valence-electron chi connectivity index (χ3n) is 4.25. The summed E-state index contributed by atoms with van der Waals surface area (Å²) in [5.74, 6) is 0. The molecule has 3 rings (SSSR count). The van der Waals surface area contributed by atoms with E-state index in [1.807, 2.05) is 38.1 Å². The molecular formula is C21H21NO. The average molecular weight is 303 g/mol. The summed E-state index contributed by atoms with van der Waals surface area (Å²) in [5, 5.41) is 1.22. The van der Waals surface area contributed by atoms with Crippen molar-refractivity contribution in [2.75, 3.05) is 0 Å². The Hall–Kier alpha value is -2.61. The van der Waals surface area contributed by atoms with Crippen LogP contribution in [-0.2, 0) is 11.2 Å². The molecule has 0 aliphatic rings. The van der Waals surface area contributed by atoms with E-state index in [2.05, 4.69) is 41.8 Å². The van der Waals surface area contributed by atoms with Crippen LogP contribution in [0.2, 0.25) is 0 Å². The zero-order valence-electron chi connectivity index (χ0n) is 13.8. The molecule has 0 radical (unpaired) electrons. The molecule has 0 amide bonds. The smallest absolute Gasteiger partial charge is 0.166 e. The first-order chi connectivity index (χ1) is 11.2. The van der Waals surface area contributed by atoms with Crippen molar-refractivity contribution in [1.29, 1.82) is 0 Å². The highest BCUT2D eigenvalue weighted by Crippen LogP contribution is 2.36. The Morgan fingerprint density at radius 2 is 1.65 bits per heavy atom. The van der Waals surface area contributed by atoms with Crippen LogP contribution in [0.3, 0.4) is 0 Å². The lowest BCUT2D eigenvalue weighted by Gasteiger charge is -2.13. The molecule has 0 fully saturated rings. The highest BCUT2D eigenvalue weighted by Gasteiger charge is 2.19. The van der Waals surface area contributed by atoms with Crippen molar-refractivity contribution in [2.24, 2.45) is 0 Å². The van der Waals surface area contributed by atoms with Crippen molar-refractivity contribution in [3.63, 3.8) is 0 Å². The number of nitrogens with zero attached hydrogens (tertiary/aromatic N) is 1. The maximum atomic E-state index is 11.8. The summed E-state index contributed by atoms with van der Waals surface area (Å²) in [6.07, 6.45) is 1.89. The molecule has 0 atom stereocenters. The van der Waals surface area contributed by atoms with E-state index in [0.717, 1.165) is 40.8 Å². The molecule has 0 saturated carbocycles. The number of rotatable bonds is 4. The van der Waals surface area contributed by atoms with Crippen molar-refractivity contribution in [3.8, 4) is 11.3 Å². The molecule has 2 aromatic carbocycles. The molecule has 3 aromatic rings. The van der Waals surface area contributed by atoms with Gasteiger partial charge < -0.3 is 4.57 Å². The zero-order chi connectivity index (χ0) is 16.4. The van der Waals surface area contributed by atoms with E-state index in [1.165, 1.54) is 10.9 Å². The molecular weight excluding hydrogens is 282 g/mol. The van der Waals surface area contributed by atoms with E-state index in [0.29, 0.717) is 0 Å². The van der Waals surface area contributed by atoms with Gasteiger partial charge in [-0.25, -0.2) is 0 Å². The molecule has 0 saturated heterocycles. The highest BCUT2D eigenvalue weighted by atomic mass is 16.1. The first-order valence-electron chi connectivity index (χ1n) is 7.99. The molecule has 0 spiro atoms. The molecule has 23 heavy (non-hydrogen) atoms. The van der Waals surface area contributed by atoms with Crippen molar-refractivity contribution in [1.82, 2.24) is 4.57 Å². The van der Waals surface area contributed by atoms with Gasteiger partial charge in [0.25, 0.3) is 0 Å². The van der Waals surface area contributed by atoms with Gasteiger partial charge in [-0.15, -0.1) is 0 Å². The highest BCUT2D eigenvalue weighted by molar-refractivity contribution is 6.07. The number of aromatic nitrogens is 1. The molecule has 0 aliphatic carbocycles. The predicted octanol–water partition coefficient (Wildman–Crippen LogP) is 5.32. The van der Waals surface area contributed by atoms with Crippen molar-refractivity contribution in [2.45, 2.75) is 27.2 Å². The number of benzene rings is 2. The minimum atomic E-state index is 0.722. The Balaban J connectivity index is 2.51. The van der Waals surface area contributed by atoms with E-state index in [-0.39, 0.29) is 0 Å². The first-order valence-corrected chi connectivity index (χ1v) is 7.99. The molecule has 1 aromatic heterocycles. The van der Waals surface area contributed by atoms with Gasteiger partial charge in [0.1, 0.15) is 0 Å². The quantitative estimate of drug-likeness (QED) is 0.472. The fraction of sp³-hybridized carbons (Fsp3) is 0.190. The third-order valence-corrected chi connectivity index (χ3v) is 4.25. The minimum Gasteiger partial charge on any atom is -0.306 e. The normalized spacial score (nSPS) is 10.7.